The number of hydrogen-bond acceptors (Lipinski definition) is 4. The number of nitrogens with zero attached hydrogens (tertiary/aromatic N) is 2. The molecule has 0 aliphatic heterocycles. The average molecular weight is 407 g/mol. The van der Waals surface area contributed by atoms with Gasteiger partial charge in [0, 0.05) is 21.9 Å². The third-order valence-electron chi connectivity index (χ3n) is 5.19. The van der Waals surface area contributed by atoms with E-state index in [0.717, 1.165) is 11.4 Å². The molecule has 4 heteroatoms. The third-order valence-corrected chi connectivity index (χ3v) is 6.37. The topological polar surface area (TPSA) is 25.8 Å². The summed E-state index contributed by atoms with van der Waals surface area (Å²) >= 11 is 3.30. The first-order chi connectivity index (χ1) is 13.2. The lowest BCUT2D eigenvalue weighted by Crippen LogP contribution is -2.15. The predicted molar refractivity (Wildman–Crippen MR) is 124 cm³/mol. The van der Waals surface area contributed by atoms with Crippen LogP contribution in [0.25, 0.3) is 33.3 Å². The summed E-state index contributed by atoms with van der Waals surface area (Å²) in [6.07, 6.45) is 0. The Labute approximate surface area is 175 Å². The Kier molecular flexibility index (Phi) is 4.67. The van der Waals surface area contributed by atoms with Crippen LogP contribution in [0.5, 0.6) is 0 Å². The summed E-state index contributed by atoms with van der Waals surface area (Å²) in [5.74, 6) is 0. The second kappa shape index (κ2) is 6.78. The van der Waals surface area contributed by atoms with Crippen molar-refractivity contribution in [2.75, 3.05) is 0 Å². The van der Waals surface area contributed by atoms with E-state index in [4.69, 9.17) is 0 Å². The second-order valence-corrected chi connectivity index (χ2v) is 10.8. The zero-order chi connectivity index (χ0) is 20.1. The molecular weight excluding hydrogens is 380 g/mol. The molecule has 2 aromatic carbocycles. The van der Waals surface area contributed by atoms with Crippen molar-refractivity contribution in [1.82, 2.24) is 9.97 Å². The molecule has 2 aromatic heterocycles. The molecule has 2 heterocycles. The van der Waals surface area contributed by atoms with E-state index in [1.165, 1.54) is 33.0 Å². The van der Waals surface area contributed by atoms with Crippen molar-refractivity contribution in [3.8, 4) is 22.5 Å². The molecule has 0 unspecified atom stereocenters. The Balaban J connectivity index is 2.16. The van der Waals surface area contributed by atoms with Gasteiger partial charge in [0.05, 0.1) is 22.4 Å². The van der Waals surface area contributed by atoms with Crippen molar-refractivity contribution in [2.24, 2.45) is 0 Å². The number of fused-ring (bicyclic) bond motifs is 1. The van der Waals surface area contributed by atoms with Crippen LogP contribution in [0, 0.1) is 0 Å². The summed E-state index contributed by atoms with van der Waals surface area (Å²) in [5, 5.41) is 6.83. The quantitative estimate of drug-likeness (QED) is 0.341. The molecule has 144 valence electrons. The van der Waals surface area contributed by atoms with Crippen LogP contribution in [-0.4, -0.2) is 9.97 Å². The van der Waals surface area contributed by atoms with E-state index >= 15 is 0 Å². The van der Waals surface area contributed by atoms with Crippen molar-refractivity contribution in [1.29, 1.82) is 0 Å². The van der Waals surface area contributed by atoms with Gasteiger partial charge in [-0.3, -0.25) is 0 Å². The highest BCUT2D eigenvalue weighted by Gasteiger charge is 2.26. The molecule has 0 amide bonds. The van der Waals surface area contributed by atoms with Gasteiger partial charge in [0.1, 0.15) is 0 Å². The van der Waals surface area contributed by atoms with Crippen LogP contribution in [0.2, 0.25) is 0 Å². The second-order valence-electron chi connectivity index (χ2n) is 9.32. The van der Waals surface area contributed by atoms with Crippen molar-refractivity contribution in [2.45, 2.75) is 52.4 Å². The lowest BCUT2D eigenvalue weighted by molar-refractivity contribution is 0.591. The van der Waals surface area contributed by atoms with Crippen LogP contribution >= 0.6 is 22.7 Å². The average Bonchev–Trinajstić information content (AvgIpc) is 3.31. The SMILES string of the molecule is CC(C)(C)c1ccc2c(-c3cscn3)c(C(C)(C)C)ccc2c1-c1cscn1. The Morgan fingerprint density at radius 2 is 1.00 bits per heavy atom. The standard InChI is InChI=1S/C24H26N2S2/c1-23(2,3)17-9-7-16-15(21(17)19-11-27-13-25-19)8-10-18(24(4,5)6)22(16)20-12-28-14-26-20/h7-14H,1-6H3. The van der Waals surface area contributed by atoms with E-state index in [1.807, 2.05) is 11.0 Å². The highest BCUT2D eigenvalue weighted by molar-refractivity contribution is 7.08. The molecule has 4 aromatic rings. The van der Waals surface area contributed by atoms with E-state index in [2.05, 4.69) is 86.5 Å². The van der Waals surface area contributed by atoms with Gasteiger partial charge in [-0.25, -0.2) is 9.97 Å². The first-order valence-electron chi connectivity index (χ1n) is 9.56. The monoisotopic (exact) mass is 406 g/mol. The van der Waals surface area contributed by atoms with Gasteiger partial charge in [-0.2, -0.15) is 0 Å². The maximum absolute atomic E-state index is 4.68. The number of benzene rings is 2. The minimum Gasteiger partial charge on any atom is -0.245 e. The smallest absolute Gasteiger partial charge is 0.0820 e. The fourth-order valence-corrected chi connectivity index (χ4v) is 4.97. The first-order valence-corrected chi connectivity index (χ1v) is 11.4. The normalized spacial score (nSPS) is 12.6. The summed E-state index contributed by atoms with van der Waals surface area (Å²) in [6, 6.07) is 9.16. The van der Waals surface area contributed by atoms with E-state index in [9.17, 15) is 0 Å². The van der Waals surface area contributed by atoms with Gasteiger partial charge < -0.3 is 0 Å². The molecule has 0 fully saturated rings. The highest BCUT2D eigenvalue weighted by atomic mass is 32.1. The van der Waals surface area contributed by atoms with Crippen LogP contribution in [0.1, 0.15) is 52.7 Å². The summed E-state index contributed by atoms with van der Waals surface area (Å²) in [6.45, 7) is 13.6. The van der Waals surface area contributed by atoms with Crippen LogP contribution in [0.15, 0.2) is 46.0 Å². The van der Waals surface area contributed by atoms with E-state index in [1.54, 1.807) is 22.7 Å². The molecule has 0 aliphatic carbocycles. The number of thiazole rings is 2. The summed E-state index contributed by atoms with van der Waals surface area (Å²) in [5.41, 5.74) is 11.2. The molecule has 0 saturated heterocycles. The molecule has 0 bridgehead atoms. The molecule has 2 nitrogen and oxygen atoms in total. The minimum atomic E-state index is 0.0383. The van der Waals surface area contributed by atoms with E-state index in [0.29, 0.717) is 0 Å². The molecular formula is C24H26N2S2. The lowest BCUT2D eigenvalue weighted by Gasteiger charge is -2.27. The lowest BCUT2D eigenvalue weighted by atomic mass is 9.77. The van der Waals surface area contributed by atoms with Gasteiger partial charge in [-0.05, 0) is 32.7 Å². The van der Waals surface area contributed by atoms with Gasteiger partial charge >= 0.3 is 0 Å². The van der Waals surface area contributed by atoms with Crippen LogP contribution in [0.4, 0.5) is 0 Å². The fourth-order valence-electron chi connectivity index (χ4n) is 3.88. The van der Waals surface area contributed by atoms with Crippen molar-refractivity contribution >= 4 is 33.4 Å². The molecule has 0 atom stereocenters. The fraction of sp³-hybridized carbons (Fsp3) is 0.333. The predicted octanol–water partition coefficient (Wildman–Crippen LogP) is 7.68. The van der Waals surface area contributed by atoms with Crippen LogP contribution in [0.3, 0.4) is 0 Å². The van der Waals surface area contributed by atoms with E-state index < -0.39 is 0 Å². The number of rotatable bonds is 2. The molecule has 4 rings (SSSR count). The Hall–Kier alpha value is -2.04. The van der Waals surface area contributed by atoms with Gasteiger partial charge in [-0.15, -0.1) is 22.7 Å². The molecule has 0 radical (unpaired) electrons. The summed E-state index contributed by atoms with van der Waals surface area (Å²) in [4.78, 5) is 9.36. The van der Waals surface area contributed by atoms with Gasteiger partial charge in [0.25, 0.3) is 0 Å². The maximum Gasteiger partial charge on any atom is 0.0820 e. The molecule has 28 heavy (non-hydrogen) atoms. The Morgan fingerprint density at radius 3 is 1.29 bits per heavy atom. The Morgan fingerprint density at radius 1 is 0.607 bits per heavy atom. The van der Waals surface area contributed by atoms with Crippen molar-refractivity contribution in [3.63, 3.8) is 0 Å². The van der Waals surface area contributed by atoms with Gasteiger partial charge in [-0.1, -0.05) is 65.8 Å². The van der Waals surface area contributed by atoms with Gasteiger partial charge in [0.15, 0.2) is 0 Å². The third kappa shape index (κ3) is 3.29. The number of aromatic nitrogens is 2. The largest absolute Gasteiger partial charge is 0.245 e. The maximum atomic E-state index is 4.68. The van der Waals surface area contributed by atoms with Crippen LogP contribution in [-0.2, 0) is 10.8 Å². The first kappa shape index (κ1) is 19.3. The van der Waals surface area contributed by atoms with E-state index in [-0.39, 0.29) is 10.8 Å². The Bertz CT molecular complexity index is 1020. The summed E-state index contributed by atoms with van der Waals surface area (Å²) < 4.78 is 0. The minimum absolute atomic E-state index is 0.0383. The van der Waals surface area contributed by atoms with Crippen molar-refractivity contribution < 1.29 is 0 Å². The molecule has 0 aliphatic rings. The zero-order valence-corrected chi connectivity index (χ0v) is 19.0. The molecule has 0 spiro atoms. The highest BCUT2D eigenvalue weighted by Crippen LogP contribution is 2.44. The number of hydrogen-bond donors (Lipinski definition) is 0. The summed E-state index contributed by atoms with van der Waals surface area (Å²) in [7, 11) is 0. The van der Waals surface area contributed by atoms with Gasteiger partial charge in [0.2, 0.25) is 0 Å². The van der Waals surface area contributed by atoms with Crippen LogP contribution < -0.4 is 0 Å². The van der Waals surface area contributed by atoms with Crippen molar-refractivity contribution in [3.05, 3.63) is 57.2 Å². The molecule has 0 saturated carbocycles. The molecule has 0 N–H and O–H groups in total. The zero-order valence-electron chi connectivity index (χ0n) is 17.3.